The highest BCUT2D eigenvalue weighted by molar-refractivity contribution is 6.17. The van der Waals surface area contributed by atoms with Gasteiger partial charge in [-0.15, -0.1) is 0 Å². The van der Waals surface area contributed by atoms with E-state index >= 15 is 0 Å². The van der Waals surface area contributed by atoms with E-state index in [-0.39, 0.29) is 45.6 Å². The van der Waals surface area contributed by atoms with Gasteiger partial charge in [0.15, 0.2) is 6.07 Å². The molecule has 3 aromatic rings. The fourth-order valence-corrected chi connectivity index (χ4v) is 8.99. The van der Waals surface area contributed by atoms with Gasteiger partial charge in [-0.3, -0.25) is 9.59 Å². The molecule has 3 aliphatic rings. The third kappa shape index (κ3) is 21.8. The van der Waals surface area contributed by atoms with Crippen LogP contribution in [0.3, 0.4) is 0 Å². The SMILES string of the molecule is CC(C)c1cccc([C@H](C)C2CC2)c1OCCl.CC(C)c1cccc([C@H](C)C2CC2)c1OCOC(=O)CCNC(=O)OC(C)(C)C.CC(C)c1cccc([C@H](C)C2CC2)c1OCOC(=O)CCNC(=O)OC(C)(C)C. The van der Waals surface area contributed by atoms with Crippen LogP contribution in [-0.4, -0.2) is 68.1 Å². The van der Waals surface area contributed by atoms with Crippen molar-refractivity contribution in [3.8, 4) is 17.2 Å². The minimum Gasteiger partial charge on any atom is -0.477 e. The second-order valence-electron chi connectivity index (χ2n) is 23.3. The normalized spacial score (nSPS) is 15.5. The van der Waals surface area contributed by atoms with Crippen LogP contribution in [0.25, 0.3) is 0 Å². The van der Waals surface area contributed by atoms with Gasteiger partial charge in [-0.1, -0.05) is 129 Å². The van der Waals surface area contributed by atoms with E-state index in [4.69, 9.17) is 44.8 Å². The van der Waals surface area contributed by atoms with Crippen LogP contribution in [0.4, 0.5) is 9.59 Å². The van der Waals surface area contributed by atoms with Crippen molar-refractivity contribution in [3.63, 3.8) is 0 Å². The molecular formula is C61H91ClN2O11. The van der Waals surface area contributed by atoms with Crippen LogP contribution in [0.15, 0.2) is 54.6 Å². The van der Waals surface area contributed by atoms with Crippen molar-refractivity contribution in [2.24, 2.45) is 17.8 Å². The maximum atomic E-state index is 12.0. The van der Waals surface area contributed by atoms with Crippen LogP contribution in [-0.2, 0) is 28.5 Å². The second-order valence-corrected chi connectivity index (χ2v) is 23.5. The van der Waals surface area contributed by atoms with E-state index in [1.807, 2.05) is 0 Å². The minimum absolute atomic E-state index is 0.0553. The average molecular weight is 1060 g/mol. The first-order chi connectivity index (χ1) is 35.3. The minimum atomic E-state index is -0.572. The van der Waals surface area contributed by atoms with Gasteiger partial charge in [0.25, 0.3) is 0 Å². The van der Waals surface area contributed by atoms with E-state index in [1.54, 1.807) is 41.5 Å². The monoisotopic (exact) mass is 1060 g/mol. The number of alkyl halides is 1. The molecule has 2 N–H and O–H groups in total. The molecule has 14 heteroatoms. The Morgan fingerprint density at radius 2 is 0.760 bits per heavy atom. The number of rotatable bonds is 23. The number of carbonyl (C=O) groups is 4. The molecule has 0 spiro atoms. The first-order valence-electron chi connectivity index (χ1n) is 27.4. The maximum Gasteiger partial charge on any atom is 0.407 e. The predicted octanol–water partition coefficient (Wildman–Crippen LogP) is 15.1. The molecule has 0 heterocycles. The van der Waals surface area contributed by atoms with Crippen LogP contribution in [0, 0.1) is 17.8 Å². The molecule has 418 valence electrons. The molecular weight excluding hydrogens is 972 g/mol. The molecule has 75 heavy (non-hydrogen) atoms. The van der Waals surface area contributed by atoms with Crippen molar-refractivity contribution in [3.05, 3.63) is 88.0 Å². The maximum absolute atomic E-state index is 12.0. The number of benzene rings is 3. The number of esters is 2. The predicted molar refractivity (Wildman–Crippen MR) is 297 cm³/mol. The highest BCUT2D eigenvalue weighted by Crippen LogP contribution is 2.49. The number of nitrogens with one attached hydrogen (secondary N) is 2. The zero-order valence-electron chi connectivity index (χ0n) is 48.0. The molecule has 0 unspecified atom stereocenters. The molecule has 0 bridgehead atoms. The number of para-hydroxylation sites is 3. The van der Waals surface area contributed by atoms with Gasteiger partial charge in [-0.05, 0) is 167 Å². The smallest absolute Gasteiger partial charge is 0.407 e. The van der Waals surface area contributed by atoms with Gasteiger partial charge in [0.1, 0.15) is 28.5 Å². The average Bonchev–Trinajstić information content (AvgIpc) is 4.15. The number of amides is 2. The Bertz CT molecular complexity index is 2170. The zero-order valence-corrected chi connectivity index (χ0v) is 48.7. The van der Waals surface area contributed by atoms with E-state index in [9.17, 15) is 19.2 Å². The fraction of sp³-hybridized carbons (Fsp3) is 0.639. The van der Waals surface area contributed by atoms with Gasteiger partial charge in [-0.25, -0.2) is 9.59 Å². The van der Waals surface area contributed by atoms with Crippen LogP contribution in [0.5, 0.6) is 17.2 Å². The Morgan fingerprint density at radius 1 is 0.480 bits per heavy atom. The number of halogens is 1. The summed E-state index contributed by atoms with van der Waals surface area (Å²) in [5.74, 6) is 6.63. The number of hydrogen-bond donors (Lipinski definition) is 2. The van der Waals surface area contributed by atoms with E-state index in [1.165, 1.54) is 60.8 Å². The van der Waals surface area contributed by atoms with E-state index in [2.05, 4.69) is 128 Å². The number of ether oxygens (including phenoxy) is 7. The first-order valence-corrected chi connectivity index (χ1v) is 27.9. The summed E-state index contributed by atoms with van der Waals surface area (Å²) in [7, 11) is 0. The molecule has 13 nitrogen and oxygen atoms in total. The molecule has 3 saturated carbocycles. The van der Waals surface area contributed by atoms with E-state index < -0.39 is 35.3 Å². The van der Waals surface area contributed by atoms with Crippen LogP contribution in [0.2, 0.25) is 0 Å². The summed E-state index contributed by atoms with van der Waals surface area (Å²) >= 11 is 5.76. The molecule has 0 radical (unpaired) electrons. The van der Waals surface area contributed by atoms with E-state index in [0.29, 0.717) is 47.3 Å². The van der Waals surface area contributed by atoms with E-state index in [0.717, 1.165) is 34.3 Å². The molecule has 3 atom stereocenters. The lowest BCUT2D eigenvalue weighted by Crippen LogP contribution is -2.33. The van der Waals surface area contributed by atoms with Crippen LogP contribution in [0.1, 0.15) is 224 Å². The van der Waals surface area contributed by atoms with Crippen molar-refractivity contribution < 1.29 is 52.3 Å². The number of alkyl carbamates (subject to hydrolysis) is 2. The number of hydrogen-bond acceptors (Lipinski definition) is 11. The summed E-state index contributed by atoms with van der Waals surface area (Å²) < 4.78 is 38.3. The summed E-state index contributed by atoms with van der Waals surface area (Å²) in [6.45, 7) is 30.4. The van der Waals surface area contributed by atoms with Crippen molar-refractivity contribution in [2.45, 2.75) is 202 Å². The molecule has 3 aromatic carbocycles. The van der Waals surface area contributed by atoms with Crippen molar-refractivity contribution in [1.82, 2.24) is 10.6 Å². The topological polar surface area (TPSA) is 157 Å². The number of carbonyl (C=O) groups excluding carboxylic acids is 4. The quantitative estimate of drug-likeness (QED) is 0.0403. The summed E-state index contributed by atoms with van der Waals surface area (Å²) in [5, 5.41) is 5.09. The van der Waals surface area contributed by atoms with Crippen LogP contribution < -0.4 is 24.8 Å². The summed E-state index contributed by atoms with van der Waals surface area (Å²) in [4.78, 5) is 47.1. The summed E-state index contributed by atoms with van der Waals surface area (Å²) in [5.41, 5.74) is 6.07. The highest BCUT2D eigenvalue weighted by atomic mass is 35.5. The van der Waals surface area contributed by atoms with Crippen LogP contribution >= 0.6 is 11.6 Å². The lowest BCUT2D eigenvalue weighted by Gasteiger charge is -2.21. The molecule has 2 amide bonds. The lowest BCUT2D eigenvalue weighted by atomic mass is 9.90. The van der Waals surface area contributed by atoms with Gasteiger partial charge in [0.2, 0.25) is 13.6 Å². The zero-order chi connectivity index (χ0) is 55.6. The molecule has 0 aromatic heterocycles. The third-order valence-electron chi connectivity index (χ3n) is 13.6. The van der Waals surface area contributed by atoms with Crippen molar-refractivity contribution in [1.29, 1.82) is 0 Å². The second kappa shape index (κ2) is 29.4. The molecule has 3 aliphatic carbocycles. The fourth-order valence-electron chi connectivity index (χ4n) is 8.88. The standard InChI is InChI=1S/2C23H35NO5.C15H21ClO/c2*1-15(2)18-8-7-9-19(16(3)17-10-11-17)21(18)28-14-27-20(25)12-13-24-22(26)29-23(4,5)6;1-10(2)13-5-4-6-14(15(13)17-9-16)11(3)12-7-8-12/h2*7-9,15-17H,10-14H2,1-6H3,(H,24,26);4-6,10-12H,7-9H2,1-3H3/t2*16-;11-/m111/s1. The third-order valence-corrected chi connectivity index (χ3v) is 13.7. The molecule has 6 rings (SSSR count). The summed E-state index contributed by atoms with van der Waals surface area (Å²) in [6.07, 6.45) is 6.74. The Balaban J connectivity index is 0.000000252. The largest absolute Gasteiger partial charge is 0.477 e. The highest BCUT2D eigenvalue weighted by Gasteiger charge is 2.34. The Morgan fingerprint density at radius 3 is 1.01 bits per heavy atom. The Kier molecular flexibility index (Phi) is 24.4. The Labute approximate surface area is 454 Å². The van der Waals surface area contributed by atoms with Gasteiger partial charge in [0.05, 0.1) is 12.8 Å². The first kappa shape index (κ1) is 62.4. The Hall–Kier alpha value is -5.17. The molecule has 0 saturated heterocycles. The van der Waals surface area contributed by atoms with Gasteiger partial charge in [-0.2, -0.15) is 0 Å². The molecule has 3 fully saturated rings. The van der Waals surface area contributed by atoms with Crippen molar-refractivity contribution >= 4 is 35.7 Å². The lowest BCUT2D eigenvalue weighted by molar-refractivity contribution is -0.151. The van der Waals surface area contributed by atoms with Gasteiger partial charge in [0, 0.05) is 13.1 Å². The summed E-state index contributed by atoms with van der Waals surface area (Å²) in [6, 6.07) is 19.2. The van der Waals surface area contributed by atoms with Gasteiger partial charge >= 0.3 is 24.1 Å². The van der Waals surface area contributed by atoms with Gasteiger partial charge < -0.3 is 43.8 Å². The van der Waals surface area contributed by atoms with Crippen molar-refractivity contribution in [2.75, 3.05) is 32.7 Å². The molecule has 0 aliphatic heterocycles.